The molecular formula is C10H19NO3S. The summed E-state index contributed by atoms with van der Waals surface area (Å²) in [6.45, 7) is 5.59. The highest BCUT2D eigenvalue weighted by molar-refractivity contribution is 7.83. The Balaban J connectivity index is 0. The number of hydrogen-bond acceptors (Lipinski definition) is 3. The second kappa shape index (κ2) is 8.30. The Morgan fingerprint density at radius 3 is 2.13 bits per heavy atom. The lowest BCUT2D eigenvalue weighted by atomic mass is 10.2. The van der Waals surface area contributed by atoms with Crippen LogP contribution in [0, 0.1) is 12.3 Å². The van der Waals surface area contributed by atoms with Crippen LogP contribution in [0.4, 0.5) is 4.79 Å². The zero-order chi connectivity index (χ0) is 12.5. The van der Waals surface area contributed by atoms with Gasteiger partial charge in [-0.25, -0.2) is 4.79 Å². The molecule has 0 aromatic heterocycles. The van der Waals surface area contributed by atoms with Crippen molar-refractivity contribution in [3.8, 4) is 12.3 Å². The molecule has 0 aliphatic rings. The van der Waals surface area contributed by atoms with Gasteiger partial charge < -0.3 is 10.1 Å². The van der Waals surface area contributed by atoms with E-state index >= 15 is 0 Å². The number of hydrogen-bond donors (Lipinski definition) is 1. The largest absolute Gasteiger partial charge is 0.444 e. The van der Waals surface area contributed by atoms with Crippen LogP contribution >= 0.6 is 0 Å². The van der Waals surface area contributed by atoms with Crippen LogP contribution in [-0.2, 0) is 15.5 Å². The van der Waals surface area contributed by atoms with Crippen molar-refractivity contribution in [3.05, 3.63) is 0 Å². The molecule has 0 bridgehead atoms. The molecule has 15 heavy (non-hydrogen) atoms. The molecule has 1 amide bonds. The van der Waals surface area contributed by atoms with Crippen LogP contribution < -0.4 is 5.32 Å². The van der Waals surface area contributed by atoms with Crippen LogP contribution in [0.25, 0.3) is 0 Å². The Bertz CT molecular complexity index is 246. The van der Waals surface area contributed by atoms with Crippen molar-refractivity contribution in [2.24, 2.45) is 0 Å². The van der Waals surface area contributed by atoms with E-state index in [2.05, 4.69) is 11.2 Å². The van der Waals surface area contributed by atoms with E-state index in [0.29, 0.717) is 0 Å². The molecule has 0 saturated heterocycles. The van der Waals surface area contributed by atoms with Crippen molar-refractivity contribution in [2.45, 2.75) is 26.4 Å². The number of ether oxygens (including phenoxy) is 1. The second-order valence-electron chi connectivity index (χ2n) is 3.80. The number of alkyl carbamates (subject to hydrolysis) is 1. The molecule has 0 radical (unpaired) electrons. The second-order valence-corrected chi connectivity index (χ2v) is 5.28. The Morgan fingerprint density at radius 1 is 1.47 bits per heavy atom. The third-order valence-electron chi connectivity index (χ3n) is 0.734. The standard InChI is InChI=1S/C8H13NO2.C2H6OS/c1-5-6-9-7(10)11-8(2,3)4;1-4(2)3/h1H,6H2,2-4H3,(H,9,10);1-2H3. The van der Waals surface area contributed by atoms with Crippen LogP contribution in [0.1, 0.15) is 20.8 Å². The van der Waals surface area contributed by atoms with Gasteiger partial charge in [0.05, 0.1) is 6.54 Å². The number of nitrogens with one attached hydrogen (secondary N) is 1. The van der Waals surface area contributed by atoms with E-state index in [0.717, 1.165) is 0 Å². The van der Waals surface area contributed by atoms with Gasteiger partial charge in [-0.3, -0.25) is 4.21 Å². The Hall–Kier alpha value is -1.02. The first-order valence-corrected chi connectivity index (χ1v) is 6.31. The minimum absolute atomic E-state index is 0.203. The van der Waals surface area contributed by atoms with Crippen LogP contribution in [0.5, 0.6) is 0 Å². The summed E-state index contributed by atoms with van der Waals surface area (Å²) in [6, 6.07) is 0. The van der Waals surface area contributed by atoms with Crippen molar-refractivity contribution in [1.29, 1.82) is 0 Å². The lowest BCUT2D eigenvalue weighted by Crippen LogP contribution is -2.32. The first-order valence-electron chi connectivity index (χ1n) is 4.34. The highest BCUT2D eigenvalue weighted by atomic mass is 32.2. The van der Waals surface area contributed by atoms with Crippen molar-refractivity contribution in [1.82, 2.24) is 5.32 Å². The van der Waals surface area contributed by atoms with E-state index < -0.39 is 22.5 Å². The molecular weight excluding hydrogens is 214 g/mol. The van der Waals surface area contributed by atoms with Crippen LogP contribution in [0.15, 0.2) is 0 Å². The molecule has 0 aliphatic carbocycles. The van der Waals surface area contributed by atoms with Crippen molar-refractivity contribution in [3.63, 3.8) is 0 Å². The molecule has 1 N–H and O–H groups in total. The zero-order valence-electron chi connectivity index (χ0n) is 9.92. The van der Waals surface area contributed by atoms with E-state index in [1.807, 2.05) is 0 Å². The van der Waals surface area contributed by atoms with Gasteiger partial charge in [-0.05, 0) is 20.8 Å². The summed E-state index contributed by atoms with van der Waals surface area (Å²) in [4.78, 5) is 10.8. The van der Waals surface area contributed by atoms with E-state index in [9.17, 15) is 9.00 Å². The van der Waals surface area contributed by atoms with E-state index in [1.165, 1.54) is 0 Å². The summed E-state index contributed by atoms with van der Waals surface area (Å²) in [5.74, 6) is 2.27. The van der Waals surface area contributed by atoms with Gasteiger partial charge in [-0.2, -0.15) is 0 Å². The van der Waals surface area contributed by atoms with Gasteiger partial charge in [0.25, 0.3) is 0 Å². The molecule has 0 aromatic carbocycles. The minimum atomic E-state index is -0.611. The van der Waals surface area contributed by atoms with Gasteiger partial charge in [0.2, 0.25) is 0 Å². The predicted octanol–water partition coefficient (Wildman–Crippen LogP) is 1.14. The quantitative estimate of drug-likeness (QED) is 0.691. The van der Waals surface area contributed by atoms with Gasteiger partial charge >= 0.3 is 6.09 Å². The maximum Gasteiger partial charge on any atom is 0.408 e. The number of rotatable bonds is 1. The topological polar surface area (TPSA) is 55.4 Å². The van der Waals surface area contributed by atoms with E-state index in [-0.39, 0.29) is 6.54 Å². The molecule has 0 unspecified atom stereocenters. The van der Waals surface area contributed by atoms with Gasteiger partial charge in [0.15, 0.2) is 0 Å². The fourth-order valence-electron chi connectivity index (χ4n) is 0.437. The average molecular weight is 233 g/mol. The highest BCUT2D eigenvalue weighted by Crippen LogP contribution is 2.05. The minimum Gasteiger partial charge on any atom is -0.444 e. The van der Waals surface area contributed by atoms with Crippen molar-refractivity contribution >= 4 is 16.9 Å². The third-order valence-corrected chi connectivity index (χ3v) is 0.734. The Kier molecular flexibility index (Phi) is 9.08. The Morgan fingerprint density at radius 2 is 1.87 bits per heavy atom. The molecule has 0 atom stereocenters. The fraction of sp³-hybridized carbons (Fsp3) is 0.700. The molecule has 0 aromatic rings. The summed E-state index contributed by atoms with van der Waals surface area (Å²) in [5.41, 5.74) is -0.460. The molecule has 0 fully saturated rings. The van der Waals surface area contributed by atoms with Gasteiger partial charge in [-0.1, -0.05) is 5.92 Å². The molecule has 0 spiro atoms. The smallest absolute Gasteiger partial charge is 0.408 e. The van der Waals surface area contributed by atoms with Gasteiger partial charge in [-0.15, -0.1) is 6.42 Å². The summed E-state index contributed by atoms with van der Waals surface area (Å²) < 4.78 is 14.4. The first-order chi connectivity index (χ1) is 6.69. The summed E-state index contributed by atoms with van der Waals surface area (Å²) >= 11 is 0. The number of carbonyl (C=O) groups excluding carboxylic acids is 1. The zero-order valence-corrected chi connectivity index (χ0v) is 10.7. The van der Waals surface area contributed by atoms with E-state index in [4.69, 9.17) is 11.2 Å². The predicted molar refractivity (Wildman–Crippen MR) is 63.1 cm³/mol. The molecule has 4 nitrogen and oxygen atoms in total. The monoisotopic (exact) mass is 233 g/mol. The summed E-state index contributed by atoms with van der Waals surface area (Å²) in [7, 11) is -0.611. The first kappa shape index (κ1) is 16.4. The normalized spacial score (nSPS) is 9.67. The molecule has 0 saturated carbocycles. The number of terminal acetylenes is 1. The maximum absolute atomic E-state index is 10.8. The summed E-state index contributed by atoms with van der Waals surface area (Å²) in [5, 5.41) is 2.39. The van der Waals surface area contributed by atoms with Crippen molar-refractivity contribution < 1.29 is 13.7 Å². The van der Waals surface area contributed by atoms with E-state index in [1.54, 1.807) is 33.3 Å². The molecule has 0 aliphatic heterocycles. The summed E-state index contributed by atoms with van der Waals surface area (Å²) in [6.07, 6.45) is 7.72. The maximum atomic E-state index is 10.8. The van der Waals surface area contributed by atoms with Gasteiger partial charge in [0, 0.05) is 23.3 Å². The molecule has 88 valence electrons. The third kappa shape index (κ3) is 24.6. The van der Waals surface area contributed by atoms with Crippen LogP contribution in [0.2, 0.25) is 0 Å². The van der Waals surface area contributed by atoms with Crippen LogP contribution in [0.3, 0.4) is 0 Å². The molecule has 0 rings (SSSR count). The van der Waals surface area contributed by atoms with Gasteiger partial charge in [0.1, 0.15) is 5.60 Å². The molecule has 5 heteroatoms. The highest BCUT2D eigenvalue weighted by Gasteiger charge is 2.14. The lowest BCUT2D eigenvalue weighted by molar-refractivity contribution is 0.0535. The number of carbonyl (C=O) groups is 1. The SMILES string of the molecule is C#CCNC(=O)OC(C)(C)C.CS(C)=O. The fourth-order valence-corrected chi connectivity index (χ4v) is 0.437. The average Bonchev–Trinajstić information content (AvgIpc) is 1.96. The Labute approximate surface area is 94.2 Å². The van der Waals surface area contributed by atoms with Crippen molar-refractivity contribution in [2.75, 3.05) is 19.1 Å². The van der Waals surface area contributed by atoms with Crippen LogP contribution in [-0.4, -0.2) is 35.0 Å². The molecule has 0 heterocycles. The number of amides is 1. The lowest BCUT2D eigenvalue weighted by Gasteiger charge is -2.18.